The molecule has 0 aromatic carbocycles. The Morgan fingerprint density at radius 3 is 2.06 bits per heavy atom. The normalized spacial score (nSPS) is 12.9. The van der Waals surface area contributed by atoms with Gasteiger partial charge in [0.15, 0.2) is 0 Å². The van der Waals surface area contributed by atoms with Crippen LogP contribution < -0.4 is 0 Å². The number of rotatable bonds is 13. The number of hydrogen-bond acceptors (Lipinski definition) is 2. The molecule has 0 aliphatic carbocycles. The van der Waals surface area contributed by atoms with E-state index in [4.69, 9.17) is 9.47 Å². The molecule has 1 unspecified atom stereocenters. The van der Waals surface area contributed by atoms with Crippen molar-refractivity contribution < 1.29 is 9.47 Å². The molecule has 0 radical (unpaired) electrons. The molecule has 0 aliphatic heterocycles. The van der Waals surface area contributed by atoms with E-state index in [0.29, 0.717) is 0 Å². The van der Waals surface area contributed by atoms with Gasteiger partial charge >= 0.3 is 0 Å². The van der Waals surface area contributed by atoms with Gasteiger partial charge in [0.2, 0.25) is 0 Å². The van der Waals surface area contributed by atoms with E-state index >= 15 is 0 Å². The van der Waals surface area contributed by atoms with Crippen LogP contribution in [0.3, 0.4) is 0 Å². The molecule has 0 aromatic rings. The zero-order chi connectivity index (χ0) is 12.8. The molecule has 0 saturated heterocycles. The second kappa shape index (κ2) is 14.0. The van der Waals surface area contributed by atoms with E-state index in [2.05, 4.69) is 20.8 Å². The van der Waals surface area contributed by atoms with Crippen LogP contribution in [0.1, 0.15) is 72.1 Å². The Hall–Kier alpha value is -0.0800. The molecule has 104 valence electrons. The highest BCUT2D eigenvalue weighted by Crippen LogP contribution is 2.07. The quantitative estimate of drug-likeness (QED) is 0.442. The lowest BCUT2D eigenvalue weighted by atomic mass is 10.1. The minimum Gasteiger partial charge on any atom is -0.379 e. The van der Waals surface area contributed by atoms with E-state index in [1.54, 1.807) is 0 Å². The van der Waals surface area contributed by atoms with Crippen LogP contribution in [0.25, 0.3) is 0 Å². The fourth-order valence-electron chi connectivity index (χ4n) is 1.78. The standard InChI is InChI=1S/C15H32O2/c1-4-6-7-8-9-10-11-13-16-14-15(3)17-12-5-2/h15H,4-14H2,1-3H3. The molecular weight excluding hydrogens is 212 g/mol. The van der Waals surface area contributed by atoms with Gasteiger partial charge in [-0.25, -0.2) is 0 Å². The minimum absolute atomic E-state index is 0.250. The number of ether oxygens (including phenoxy) is 2. The monoisotopic (exact) mass is 244 g/mol. The van der Waals surface area contributed by atoms with E-state index in [0.717, 1.165) is 26.2 Å². The van der Waals surface area contributed by atoms with Crippen LogP contribution in [0.15, 0.2) is 0 Å². The summed E-state index contributed by atoms with van der Waals surface area (Å²) < 4.78 is 11.1. The number of unbranched alkanes of at least 4 members (excludes halogenated alkanes) is 6. The Morgan fingerprint density at radius 2 is 1.41 bits per heavy atom. The summed E-state index contributed by atoms with van der Waals surface area (Å²) in [5.74, 6) is 0. The van der Waals surface area contributed by atoms with Crippen molar-refractivity contribution in [3.8, 4) is 0 Å². The van der Waals surface area contributed by atoms with Gasteiger partial charge in [0.25, 0.3) is 0 Å². The molecule has 0 N–H and O–H groups in total. The van der Waals surface area contributed by atoms with Crippen molar-refractivity contribution >= 4 is 0 Å². The second-order valence-corrected chi connectivity index (χ2v) is 4.88. The summed E-state index contributed by atoms with van der Waals surface area (Å²) in [6, 6.07) is 0. The Morgan fingerprint density at radius 1 is 0.765 bits per heavy atom. The van der Waals surface area contributed by atoms with Gasteiger partial charge in [0.1, 0.15) is 0 Å². The van der Waals surface area contributed by atoms with E-state index in [1.165, 1.54) is 44.9 Å². The summed E-state index contributed by atoms with van der Waals surface area (Å²) in [4.78, 5) is 0. The molecule has 0 fully saturated rings. The highest BCUT2D eigenvalue weighted by molar-refractivity contribution is 4.48. The zero-order valence-electron chi connectivity index (χ0n) is 12.2. The highest BCUT2D eigenvalue weighted by atomic mass is 16.5. The van der Waals surface area contributed by atoms with Gasteiger partial charge < -0.3 is 9.47 Å². The average Bonchev–Trinajstić information content (AvgIpc) is 2.34. The van der Waals surface area contributed by atoms with Crippen LogP contribution >= 0.6 is 0 Å². The summed E-state index contributed by atoms with van der Waals surface area (Å²) >= 11 is 0. The lowest BCUT2D eigenvalue weighted by Crippen LogP contribution is -2.16. The molecule has 0 heterocycles. The SMILES string of the molecule is CCCCCCCCCOCC(C)OCCC. The fraction of sp³-hybridized carbons (Fsp3) is 1.00. The average molecular weight is 244 g/mol. The zero-order valence-corrected chi connectivity index (χ0v) is 12.2. The Balaban J connectivity index is 3.02. The van der Waals surface area contributed by atoms with Crippen molar-refractivity contribution in [1.29, 1.82) is 0 Å². The van der Waals surface area contributed by atoms with Crippen LogP contribution in [0, 0.1) is 0 Å². The molecule has 0 saturated carbocycles. The Kier molecular flexibility index (Phi) is 13.9. The molecule has 2 heteroatoms. The van der Waals surface area contributed by atoms with Crippen molar-refractivity contribution in [3.05, 3.63) is 0 Å². The maximum absolute atomic E-state index is 5.60. The van der Waals surface area contributed by atoms with Gasteiger partial charge in [-0.15, -0.1) is 0 Å². The molecule has 17 heavy (non-hydrogen) atoms. The Bertz CT molecular complexity index is 137. The van der Waals surface area contributed by atoms with Crippen molar-refractivity contribution in [1.82, 2.24) is 0 Å². The lowest BCUT2D eigenvalue weighted by molar-refractivity contribution is -0.00715. The van der Waals surface area contributed by atoms with Crippen LogP contribution in [-0.4, -0.2) is 25.9 Å². The molecular formula is C15H32O2. The summed E-state index contributed by atoms with van der Waals surface area (Å²) in [5.41, 5.74) is 0. The van der Waals surface area contributed by atoms with E-state index in [1.807, 2.05) is 0 Å². The largest absolute Gasteiger partial charge is 0.379 e. The van der Waals surface area contributed by atoms with Gasteiger partial charge in [-0.2, -0.15) is 0 Å². The first kappa shape index (κ1) is 16.9. The molecule has 0 aromatic heterocycles. The summed E-state index contributed by atoms with van der Waals surface area (Å²) in [7, 11) is 0. The maximum Gasteiger partial charge on any atom is 0.0780 e. The third kappa shape index (κ3) is 13.9. The van der Waals surface area contributed by atoms with Gasteiger partial charge in [-0.1, -0.05) is 52.4 Å². The van der Waals surface area contributed by atoms with Crippen molar-refractivity contribution in [3.63, 3.8) is 0 Å². The first-order valence-electron chi connectivity index (χ1n) is 7.50. The topological polar surface area (TPSA) is 18.5 Å². The predicted molar refractivity (Wildman–Crippen MR) is 74.5 cm³/mol. The van der Waals surface area contributed by atoms with E-state index < -0.39 is 0 Å². The first-order valence-corrected chi connectivity index (χ1v) is 7.50. The molecule has 0 aliphatic rings. The van der Waals surface area contributed by atoms with Crippen molar-refractivity contribution in [2.24, 2.45) is 0 Å². The lowest BCUT2D eigenvalue weighted by Gasteiger charge is -2.12. The number of hydrogen-bond donors (Lipinski definition) is 0. The molecule has 0 bridgehead atoms. The molecule has 0 spiro atoms. The second-order valence-electron chi connectivity index (χ2n) is 4.88. The molecule has 0 rings (SSSR count). The summed E-state index contributed by atoms with van der Waals surface area (Å²) in [6.07, 6.45) is 10.7. The summed E-state index contributed by atoms with van der Waals surface area (Å²) in [6.45, 7) is 8.97. The Labute approximate surface area is 108 Å². The van der Waals surface area contributed by atoms with Crippen LogP contribution in [-0.2, 0) is 9.47 Å². The van der Waals surface area contributed by atoms with Crippen LogP contribution in [0.4, 0.5) is 0 Å². The van der Waals surface area contributed by atoms with E-state index in [9.17, 15) is 0 Å². The molecule has 0 amide bonds. The van der Waals surface area contributed by atoms with Gasteiger partial charge in [0.05, 0.1) is 12.7 Å². The third-order valence-corrected chi connectivity index (χ3v) is 2.85. The van der Waals surface area contributed by atoms with Gasteiger partial charge in [-0.05, 0) is 19.8 Å². The van der Waals surface area contributed by atoms with E-state index in [-0.39, 0.29) is 6.10 Å². The molecule has 1 atom stereocenters. The fourth-order valence-corrected chi connectivity index (χ4v) is 1.78. The van der Waals surface area contributed by atoms with Crippen LogP contribution in [0.5, 0.6) is 0 Å². The van der Waals surface area contributed by atoms with Crippen molar-refractivity contribution in [2.45, 2.75) is 78.2 Å². The maximum atomic E-state index is 5.60. The van der Waals surface area contributed by atoms with Gasteiger partial charge in [-0.3, -0.25) is 0 Å². The third-order valence-electron chi connectivity index (χ3n) is 2.85. The summed E-state index contributed by atoms with van der Waals surface area (Å²) in [5, 5.41) is 0. The van der Waals surface area contributed by atoms with Crippen molar-refractivity contribution in [2.75, 3.05) is 19.8 Å². The predicted octanol–water partition coefficient (Wildman–Crippen LogP) is 4.57. The smallest absolute Gasteiger partial charge is 0.0780 e. The minimum atomic E-state index is 0.250. The van der Waals surface area contributed by atoms with Gasteiger partial charge in [0, 0.05) is 13.2 Å². The first-order chi connectivity index (χ1) is 8.31. The highest BCUT2D eigenvalue weighted by Gasteiger charge is 2.00. The molecule has 2 nitrogen and oxygen atoms in total. The van der Waals surface area contributed by atoms with Crippen LogP contribution in [0.2, 0.25) is 0 Å².